The average molecular weight is 338 g/mol. The molecule has 0 radical (unpaired) electrons. The summed E-state index contributed by atoms with van der Waals surface area (Å²) in [6.07, 6.45) is 0. The van der Waals surface area contributed by atoms with Gasteiger partial charge in [0.15, 0.2) is 5.60 Å². The molecule has 3 rings (SSSR count). The summed E-state index contributed by atoms with van der Waals surface area (Å²) in [6.45, 7) is 5.77. The summed E-state index contributed by atoms with van der Waals surface area (Å²) in [5.74, 6) is 0.189. The zero-order valence-electron chi connectivity index (χ0n) is 14.7. The maximum Gasteiger partial charge on any atom is 0.271 e. The van der Waals surface area contributed by atoms with Crippen molar-refractivity contribution in [3.05, 3.63) is 59.7 Å². The molecule has 2 aromatic rings. The van der Waals surface area contributed by atoms with E-state index in [9.17, 15) is 9.59 Å². The van der Waals surface area contributed by atoms with Crippen LogP contribution in [-0.4, -0.2) is 24.0 Å². The van der Waals surface area contributed by atoms with Crippen LogP contribution in [0.4, 0.5) is 5.69 Å². The second-order valence-corrected chi connectivity index (χ2v) is 6.74. The number of ether oxygens (including phenoxy) is 1. The molecule has 0 atom stereocenters. The Morgan fingerprint density at radius 2 is 1.88 bits per heavy atom. The highest BCUT2D eigenvalue weighted by atomic mass is 16.5. The summed E-state index contributed by atoms with van der Waals surface area (Å²) in [4.78, 5) is 26.6. The van der Waals surface area contributed by atoms with E-state index in [0.29, 0.717) is 18.0 Å². The number of fused-ring (bicyclic) bond motifs is 1. The molecule has 5 heteroatoms. The molecule has 0 saturated heterocycles. The lowest BCUT2D eigenvalue weighted by Crippen LogP contribution is -2.54. The van der Waals surface area contributed by atoms with Crippen molar-refractivity contribution in [2.45, 2.75) is 32.9 Å². The topological polar surface area (TPSA) is 58.6 Å². The summed E-state index contributed by atoms with van der Waals surface area (Å²) in [5, 5.41) is 2.87. The smallest absolute Gasteiger partial charge is 0.271 e. The number of aryl methyl sites for hydroxylation is 1. The van der Waals surface area contributed by atoms with Gasteiger partial charge in [-0.3, -0.25) is 14.5 Å². The second-order valence-electron chi connectivity index (χ2n) is 6.74. The van der Waals surface area contributed by atoms with E-state index in [-0.39, 0.29) is 18.4 Å². The van der Waals surface area contributed by atoms with Gasteiger partial charge < -0.3 is 10.1 Å². The first-order valence-corrected chi connectivity index (χ1v) is 8.29. The predicted octanol–water partition coefficient (Wildman–Crippen LogP) is 2.82. The third kappa shape index (κ3) is 3.65. The average Bonchev–Trinajstić information content (AvgIpc) is 2.59. The first kappa shape index (κ1) is 17.0. The van der Waals surface area contributed by atoms with Crippen LogP contribution in [0.2, 0.25) is 0 Å². The Morgan fingerprint density at radius 3 is 2.60 bits per heavy atom. The molecule has 0 bridgehead atoms. The third-order valence-electron chi connectivity index (χ3n) is 4.16. The van der Waals surface area contributed by atoms with Gasteiger partial charge in [-0.25, -0.2) is 0 Å². The molecule has 2 amide bonds. The minimum absolute atomic E-state index is 0.0328. The van der Waals surface area contributed by atoms with E-state index in [2.05, 4.69) is 5.32 Å². The molecule has 0 unspecified atom stereocenters. The minimum atomic E-state index is -0.998. The molecule has 0 aliphatic carbocycles. The molecule has 2 aromatic carbocycles. The molecule has 5 nitrogen and oxygen atoms in total. The SMILES string of the molecule is Cc1ccc2c(c1)N(CC(=O)NCc1ccccc1)C(=O)C(C)(C)O2. The monoisotopic (exact) mass is 338 g/mol. The number of amides is 2. The first-order chi connectivity index (χ1) is 11.9. The van der Waals surface area contributed by atoms with E-state index in [4.69, 9.17) is 4.74 Å². The highest BCUT2D eigenvalue weighted by molar-refractivity contribution is 6.05. The van der Waals surface area contributed by atoms with Crippen molar-refractivity contribution in [1.29, 1.82) is 0 Å². The molecular weight excluding hydrogens is 316 g/mol. The highest BCUT2D eigenvalue weighted by Crippen LogP contribution is 2.38. The molecule has 0 saturated carbocycles. The Bertz CT molecular complexity index is 800. The Balaban J connectivity index is 1.77. The Labute approximate surface area is 147 Å². The van der Waals surface area contributed by atoms with Crippen LogP contribution in [0.3, 0.4) is 0 Å². The summed E-state index contributed by atoms with van der Waals surface area (Å²) >= 11 is 0. The van der Waals surface area contributed by atoms with Gasteiger partial charge in [0.05, 0.1) is 5.69 Å². The molecule has 130 valence electrons. The van der Waals surface area contributed by atoms with Gasteiger partial charge in [0.25, 0.3) is 5.91 Å². The zero-order chi connectivity index (χ0) is 18.0. The lowest BCUT2D eigenvalue weighted by Gasteiger charge is -2.38. The normalized spacial score (nSPS) is 15.3. The van der Waals surface area contributed by atoms with E-state index in [1.807, 2.05) is 55.5 Å². The fraction of sp³-hybridized carbons (Fsp3) is 0.300. The zero-order valence-corrected chi connectivity index (χ0v) is 14.7. The third-order valence-corrected chi connectivity index (χ3v) is 4.16. The van der Waals surface area contributed by atoms with Crippen LogP contribution in [0.1, 0.15) is 25.0 Å². The fourth-order valence-corrected chi connectivity index (χ4v) is 2.83. The van der Waals surface area contributed by atoms with E-state index in [1.54, 1.807) is 13.8 Å². The quantitative estimate of drug-likeness (QED) is 0.932. The van der Waals surface area contributed by atoms with Crippen LogP contribution >= 0.6 is 0 Å². The number of nitrogens with zero attached hydrogens (tertiary/aromatic N) is 1. The van der Waals surface area contributed by atoms with Gasteiger partial charge in [-0.15, -0.1) is 0 Å². The van der Waals surface area contributed by atoms with Gasteiger partial charge >= 0.3 is 0 Å². The number of hydrogen-bond donors (Lipinski definition) is 1. The van der Waals surface area contributed by atoms with Crippen molar-refractivity contribution < 1.29 is 14.3 Å². The molecular formula is C20H22N2O3. The number of benzene rings is 2. The summed E-state index contributed by atoms with van der Waals surface area (Å²) in [6, 6.07) is 15.3. The van der Waals surface area contributed by atoms with E-state index in [0.717, 1.165) is 11.1 Å². The summed E-state index contributed by atoms with van der Waals surface area (Å²) < 4.78 is 5.80. The van der Waals surface area contributed by atoms with Crippen LogP contribution in [0.15, 0.2) is 48.5 Å². The van der Waals surface area contributed by atoms with Crippen molar-refractivity contribution in [2.24, 2.45) is 0 Å². The van der Waals surface area contributed by atoms with Gasteiger partial charge in [-0.1, -0.05) is 36.4 Å². The lowest BCUT2D eigenvalue weighted by molar-refractivity contribution is -0.134. The van der Waals surface area contributed by atoms with Gasteiger partial charge in [0, 0.05) is 6.54 Å². The maximum absolute atomic E-state index is 12.8. The van der Waals surface area contributed by atoms with Gasteiger partial charge in [-0.2, -0.15) is 0 Å². The van der Waals surface area contributed by atoms with Crippen LogP contribution < -0.4 is 15.0 Å². The minimum Gasteiger partial charge on any atom is -0.476 e. The fourth-order valence-electron chi connectivity index (χ4n) is 2.83. The standard InChI is InChI=1S/C20H22N2O3/c1-14-9-10-17-16(11-14)22(19(24)20(2,3)25-17)13-18(23)21-12-15-7-5-4-6-8-15/h4-11H,12-13H2,1-3H3,(H,21,23). The van der Waals surface area contributed by atoms with Crippen LogP contribution in [-0.2, 0) is 16.1 Å². The molecule has 0 fully saturated rings. The van der Waals surface area contributed by atoms with Crippen LogP contribution in [0.25, 0.3) is 0 Å². The van der Waals surface area contributed by atoms with Crippen molar-refractivity contribution in [3.8, 4) is 5.75 Å². The molecule has 1 heterocycles. The number of hydrogen-bond acceptors (Lipinski definition) is 3. The number of anilines is 1. The molecule has 25 heavy (non-hydrogen) atoms. The van der Waals surface area contributed by atoms with E-state index < -0.39 is 5.60 Å². The van der Waals surface area contributed by atoms with Crippen LogP contribution in [0, 0.1) is 6.92 Å². The Kier molecular flexibility index (Phi) is 4.49. The Hall–Kier alpha value is -2.82. The lowest BCUT2D eigenvalue weighted by atomic mass is 10.0. The van der Waals surface area contributed by atoms with Gasteiger partial charge in [0.1, 0.15) is 12.3 Å². The number of carbonyl (C=O) groups is 2. The number of carbonyl (C=O) groups excluding carboxylic acids is 2. The maximum atomic E-state index is 12.8. The number of rotatable bonds is 4. The second kappa shape index (κ2) is 6.59. The molecule has 0 aromatic heterocycles. The first-order valence-electron chi connectivity index (χ1n) is 8.29. The van der Waals surface area contributed by atoms with Crippen LogP contribution in [0.5, 0.6) is 5.75 Å². The number of nitrogens with one attached hydrogen (secondary N) is 1. The highest BCUT2D eigenvalue weighted by Gasteiger charge is 2.41. The largest absolute Gasteiger partial charge is 0.476 e. The predicted molar refractivity (Wildman–Crippen MR) is 96.5 cm³/mol. The molecule has 1 aliphatic rings. The summed E-state index contributed by atoms with van der Waals surface area (Å²) in [5.41, 5.74) is 1.66. The van der Waals surface area contributed by atoms with Crippen molar-refractivity contribution in [3.63, 3.8) is 0 Å². The molecule has 0 spiro atoms. The van der Waals surface area contributed by atoms with Crippen molar-refractivity contribution in [2.75, 3.05) is 11.4 Å². The van der Waals surface area contributed by atoms with Gasteiger partial charge in [-0.05, 0) is 44.0 Å². The Morgan fingerprint density at radius 1 is 1.16 bits per heavy atom. The van der Waals surface area contributed by atoms with E-state index >= 15 is 0 Å². The van der Waals surface area contributed by atoms with E-state index in [1.165, 1.54) is 4.90 Å². The van der Waals surface area contributed by atoms with Crippen molar-refractivity contribution >= 4 is 17.5 Å². The molecule has 1 aliphatic heterocycles. The van der Waals surface area contributed by atoms with Gasteiger partial charge in [0.2, 0.25) is 5.91 Å². The van der Waals surface area contributed by atoms with Crippen molar-refractivity contribution in [1.82, 2.24) is 5.32 Å². The summed E-state index contributed by atoms with van der Waals surface area (Å²) in [7, 11) is 0. The molecule has 1 N–H and O–H groups in total.